The van der Waals surface area contributed by atoms with Crippen LogP contribution >= 0.6 is 0 Å². The van der Waals surface area contributed by atoms with Gasteiger partial charge in [0.05, 0.1) is 17.8 Å². The third-order valence-corrected chi connectivity index (χ3v) is 2.30. The molecule has 0 aliphatic carbocycles. The average Bonchev–Trinajstić information content (AvgIpc) is 2.36. The number of anilines is 1. The molecular weight excluding hydrogens is 250 g/mol. The lowest BCUT2D eigenvalue weighted by Crippen LogP contribution is -2.38. The van der Waals surface area contributed by atoms with Crippen molar-refractivity contribution in [1.29, 1.82) is 0 Å². The van der Waals surface area contributed by atoms with Crippen molar-refractivity contribution in [2.45, 2.75) is 0 Å². The lowest BCUT2D eigenvalue weighted by molar-refractivity contribution is -0.127. The van der Waals surface area contributed by atoms with Crippen molar-refractivity contribution in [3.8, 4) is 0 Å². The molecule has 0 aliphatic rings. The van der Waals surface area contributed by atoms with Gasteiger partial charge in [0.25, 0.3) is 0 Å². The summed E-state index contributed by atoms with van der Waals surface area (Å²) < 4.78 is 0. The summed E-state index contributed by atoms with van der Waals surface area (Å²) in [6.45, 7) is -0.159. The minimum absolute atomic E-state index is 0.0170. The number of aromatic carboxylic acids is 1. The summed E-state index contributed by atoms with van der Waals surface area (Å²) in [6, 6.07) is 5.37. The van der Waals surface area contributed by atoms with E-state index in [1.165, 1.54) is 17.0 Å². The Morgan fingerprint density at radius 3 is 2.42 bits per heavy atom. The summed E-state index contributed by atoms with van der Waals surface area (Å²) in [5, 5.41) is 13.7. The number of carboxylic acids is 1. The zero-order valence-corrected chi connectivity index (χ0v) is 10.6. The standard InChI is InChI=1S/C12H15N3O4/c1-15(2)10(16)7-13-12(19)14-9-6-4-3-5-8(9)11(17)18/h3-6H,7H2,1-2H3,(H,17,18)(H2,13,14,19). The number of likely N-dealkylation sites (N-methyl/N-ethyl adjacent to an activating group) is 1. The lowest BCUT2D eigenvalue weighted by Gasteiger charge is -2.12. The molecule has 7 heteroatoms. The smallest absolute Gasteiger partial charge is 0.337 e. The quantitative estimate of drug-likeness (QED) is 0.742. The summed E-state index contributed by atoms with van der Waals surface area (Å²) in [6.07, 6.45) is 0. The molecule has 19 heavy (non-hydrogen) atoms. The number of hydrogen-bond donors (Lipinski definition) is 3. The van der Waals surface area contributed by atoms with E-state index in [9.17, 15) is 14.4 Å². The summed E-state index contributed by atoms with van der Waals surface area (Å²) in [4.78, 5) is 35.1. The third-order valence-electron chi connectivity index (χ3n) is 2.30. The van der Waals surface area contributed by atoms with Crippen LogP contribution in [-0.4, -0.2) is 48.6 Å². The van der Waals surface area contributed by atoms with E-state index >= 15 is 0 Å². The molecule has 1 rings (SSSR count). The fourth-order valence-corrected chi connectivity index (χ4v) is 1.26. The van der Waals surface area contributed by atoms with Crippen molar-refractivity contribution in [3.63, 3.8) is 0 Å². The van der Waals surface area contributed by atoms with Gasteiger partial charge in [0.2, 0.25) is 5.91 Å². The summed E-state index contributed by atoms with van der Waals surface area (Å²) >= 11 is 0. The Morgan fingerprint density at radius 2 is 1.84 bits per heavy atom. The molecule has 0 spiro atoms. The summed E-state index contributed by atoms with van der Waals surface area (Å²) in [7, 11) is 3.14. The maximum Gasteiger partial charge on any atom is 0.337 e. The van der Waals surface area contributed by atoms with Gasteiger partial charge in [-0.25, -0.2) is 9.59 Å². The minimum Gasteiger partial charge on any atom is -0.478 e. The number of carboxylic acid groups (broad SMARTS) is 1. The molecule has 0 aliphatic heterocycles. The molecule has 7 nitrogen and oxygen atoms in total. The fraction of sp³-hybridized carbons (Fsp3) is 0.250. The normalized spacial score (nSPS) is 9.58. The number of nitrogens with one attached hydrogen (secondary N) is 2. The molecule has 1 aromatic carbocycles. The van der Waals surface area contributed by atoms with Gasteiger partial charge in [-0.3, -0.25) is 4.79 Å². The number of carbonyl (C=O) groups excluding carboxylic acids is 2. The number of hydrogen-bond acceptors (Lipinski definition) is 3. The number of urea groups is 1. The Kier molecular flexibility index (Phi) is 4.87. The van der Waals surface area contributed by atoms with Gasteiger partial charge in [-0.1, -0.05) is 12.1 Å². The van der Waals surface area contributed by atoms with Gasteiger partial charge in [0.15, 0.2) is 0 Å². The second kappa shape index (κ2) is 6.39. The van der Waals surface area contributed by atoms with Crippen LogP contribution in [0.15, 0.2) is 24.3 Å². The second-order valence-corrected chi connectivity index (χ2v) is 3.95. The second-order valence-electron chi connectivity index (χ2n) is 3.95. The van der Waals surface area contributed by atoms with Gasteiger partial charge < -0.3 is 20.6 Å². The lowest BCUT2D eigenvalue weighted by atomic mass is 10.2. The molecule has 0 bridgehead atoms. The first-order valence-electron chi connectivity index (χ1n) is 5.49. The highest BCUT2D eigenvalue weighted by Gasteiger charge is 2.12. The SMILES string of the molecule is CN(C)C(=O)CNC(=O)Nc1ccccc1C(=O)O. The minimum atomic E-state index is -1.14. The first-order valence-corrected chi connectivity index (χ1v) is 5.49. The van der Waals surface area contributed by atoms with E-state index in [4.69, 9.17) is 5.11 Å². The molecule has 3 amide bonds. The molecule has 0 atom stereocenters. The van der Waals surface area contributed by atoms with Crippen molar-refractivity contribution < 1.29 is 19.5 Å². The topological polar surface area (TPSA) is 98.7 Å². The van der Waals surface area contributed by atoms with Crippen LogP contribution in [0.2, 0.25) is 0 Å². The first-order chi connectivity index (χ1) is 8.91. The predicted molar refractivity (Wildman–Crippen MR) is 69.1 cm³/mol. The highest BCUT2D eigenvalue weighted by molar-refractivity contribution is 6.00. The molecule has 1 aromatic rings. The Bertz CT molecular complexity index is 500. The highest BCUT2D eigenvalue weighted by atomic mass is 16.4. The maximum absolute atomic E-state index is 11.5. The van der Waals surface area contributed by atoms with E-state index in [0.717, 1.165) is 0 Å². The van der Waals surface area contributed by atoms with Crippen molar-refractivity contribution >= 4 is 23.6 Å². The molecule has 102 valence electrons. The molecule has 0 unspecified atom stereocenters. The van der Waals surface area contributed by atoms with Crippen molar-refractivity contribution in [1.82, 2.24) is 10.2 Å². The number of nitrogens with zero attached hydrogens (tertiary/aromatic N) is 1. The first kappa shape index (κ1) is 14.5. The zero-order chi connectivity index (χ0) is 14.4. The maximum atomic E-state index is 11.5. The van der Waals surface area contributed by atoms with E-state index in [0.29, 0.717) is 0 Å². The van der Waals surface area contributed by atoms with Gasteiger partial charge in [0.1, 0.15) is 0 Å². The van der Waals surface area contributed by atoms with E-state index < -0.39 is 12.0 Å². The van der Waals surface area contributed by atoms with Crippen molar-refractivity contribution in [2.24, 2.45) is 0 Å². The molecule has 3 N–H and O–H groups in total. The molecule has 0 saturated carbocycles. The molecule has 0 fully saturated rings. The number of para-hydroxylation sites is 1. The van der Waals surface area contributed by atoms with Crippen molar-refractivity contribution in [3.05, 3.63) is 29.8 Å². The average molecular weight is 265 g/mol. The Hall–Kier alpha value is -2.57. The Labute approximate surface area is 110 Å². The number of rotatable bonds is 4. The molecule has 0 aromatic heterocycles. The van der Waals surface area contributed by atoms with Crippen LogP contribution in [0.25, 0.3) is 0 Å². The Balaban J connectivity index is 2.63. The van der Waals surface area contributed by atoms with Crippen LogP contribution in [0.1, 0.15) is 10.4 Å². The van der Waals surface area contributed by atoms with E-state index in [1.807, 2.05) is 0 Å². The van der Waals surface area contributed by atoms with Gasteiger partial charge in [-0.05, 0) is 12.1 Å². The third kappa shape index (κ3) is 4.30. The zero-order valence-electron chi connectivity index (χ0n) is 10.6. The van der Waals surface area contributed by atoms with Gasteiger partial charge in [0, 0.05) is 14.1 Å². The fourth-order valence-electron chi connectivity index (χ4n) is 1.26. The van der Waals surface area contributed by atoms with Gasteiger partial charge in [-0.2, -0.15) is 0 Å². The van der Waals surface area contributed by atoms with Crippen LogP contribution in [0.5, 0.6) is 0 Å². The number of carbonyl (C=O) groups is 3. The van der Waals surface area contributed by atoms with Gasteiger partial charge in [-0.15, -0.1) is 0 Å². The van der Waals surface area contributed by atoms with Crippen LogP contribution in [0.4, 0.5) is 10.5 Å². The molecule has 0 heterocycles. The highest BCUT2D eigenvalue weighted by Crippen LogP contribution is 2.14. The van der Waals surface area contributed by atoms with Crippen LogP contribution in [0.3, 0.4) is 0 Å². The summed E-state index contributed by atoms with van der Waals surface area (Å²) in [5.74, 6) is -1.40. The van der Waals surface area contributed by atoms with Crippen LogP contribution in [0, 0.1) is 0 Å². The molecule has 0 saturated heterocycles. The summed E-state index contributed by atoms with van der Waals surface area (Å²) in [5.41, 5.74) is 0.154. The van der Waals surface area contributed by atoms with E-state index in [1.54, 1.807) is 26.2 Å². The van der Waals surface area contributed by atoms with E-state index in [-0.39, 0.29) is 23.7 Å². The molecular formula is C12H15N3O4. The van der Waals surface area contributed by atoms with Crippen LogP contribution < -0.4 is 10.6 Å². The van der Waals surface area contributed by atoms with E-state index in [2.05, 4.69) is 10.6 Å². The number of amides is 3. The van der Waals surface area contributed by atoms with Crippen LogP contribution in [-0.2, 0) is 4.79 Å². The monoisotopic (exact) mass is 265 g/mol. The molecule has 0 radical (unpaired) electrons. The van der Waals surface area contributed by atoms with Crippen molar-refractivity contribution in [2.75, 3.05) is 26.0 Å². The van der Waals surface area contributed by atoms with Gasteiger partial charge >= 0.3 is 12.0 Å². The Morgan fingerprint density at radius 1 is 1.21 bits per heavy atom. The predicted octanol–water partition coefficient (Wildman–Crippen LogP) is 0.595. The number of benzene rings is 1. The largest absolute Gasteiger partial charge is 0.478 e.